The van der Waals surface area contributed by atoms with Gasteiger partial charge < -0.3 is 10.4 Å². The van der Waals surface area contributed by atoms with Crippen molar-refractivity contribution in [1.82, 2.24) is 5.32 Å². The van der Waals surface area contributed by atoms with Crippen molar-refractivity contribution in [2.24, 2.45) is 0 Å². The summed E-state index contributed by atoms with van der Waals surface area (Å²) in [5, 5.41) is 13.2. The molecule has 128 valence electrons. The topological polar surface area (TPSA) is 49.3 Å². The summed E-state index contributed by atoms with van der Waals surface area (Å²) in [6, 6.07) is 13.8. The summed E-state index contributed by atoms with van der Waals surface area (Å²) in [7, 11) is 1.63. The first kappa shape index (κ1) is 18.6. The molecular formula is C20H25NO2S. The van der Waals surface area contributed by atoms with Crippen LogP contribution in [0.1, 0.15) is 34.8 Å². The average Bonchev–Trinajstić information content (AvgIpc) is 2.56. The third-order valence-electron chi connectivity index (χ3n) is 4.03. The molecule has 2 atom stereocenters. The smallest absolute Gasteiger partial charge is 0.220 e. The van der Waals surface area contributed by atoms with Gasteiger partial charge in [-0.05, 0) is 37.5 Å². The molecule has 0 aliphatic rings. The van der Waals surface area contributed by atoms with Crippen molar-refractivity contribution in [3.8, 4) is 0 Å². The number of hydrogen-bond acceptors (Lipinski definition) is 3. The lowest BCUT2D eigenvalue weighted by molar-refractivity contribution is -0.121. The highest BCUT2D eigenvalue weighted by molar-refractivity contribution is 8.00. The van der Waals surface area contributed by atoms with E-state index in [0.717, 1.165) is 10.5 Å². The van der Waals surface area contributed by atoms with Gasteiger partial charge in [0.05, 0.1) is 6.10 Å². The van der Waals surface area contributed by atoms with Crippen molar-refractivity contribution < 1.29 is 9.90 Å². The van der Waals surface area contributed by atoms with Gasteiger partial charge in [0.1, 0.15) is 0 Å². The Bertz CT molecular complexity index is 677. The summed E-state index contributed by atoms with van der Waals surface area (Å²) in [6.07, 6.45) is -0.433. The molecule has 0 fully saturated rings. The Morgan fingerprint density at radius 3 is 2.25 bits per heavy atom. The summed E-state index contributed by atoms with van der Waals surface area (Å²) in [4.78, 5) is 13.1. The molecule has 2 unspecified atom stereocenters. The molecule has 0 aliphatic heterocycles. The zero-order valence-electron chi connectivity index (χ0n) is 14.7. The van der Waals surface area contributed by atoms with E-state index in [1.807, 2.05) is 30.3 Å². The first-order chi connectivity index (χ1) is 11.4. The van der Waals surface area contributed by atoms with Gasteiger partial charge in [-0.1, -0.05) is 48.0 Å². The molecule has 0 heterocycles. The molecule has 2 aromatic carbocycles. The number of nitrogens with one attached hydrogen (secondary N) is 1. The minimum Gasteiger partial charge on any atom is -0.387 e. The molecular weight excluding hydrogens is 318 g/mol. The fraction of sp³-hybridized carbons (Fsp3) is 0.350. The Hall–Kier alpha value is -1.78. The van der Waals surface area contributed by atoms with Crippen molar-refractivity contribution in [2.45, 2.75) is 43.4 Å². The fourth-order valence-corrected chi connectivity index (χ4v) is 4.18. The van der Waals surface area contributed by atoms with Gasteiger partial charge in [-0.25, -0.2) is 0 Å². The third kappa shape index (κ3) is 4.62. The molecule has 0 spiro atoms. The quantitative estimate of drug-likeness (QED) is 0.781. The van der Waals surface area contributed by atoms with Crippen LogP contribution in [0.4, 0.5) is 0 Å². The largest absolute Gasteiger partial charge is 0.387 e. The Morgan fingerprint density at radius 1 is 1.12 bits per heavy atom. The van der Waals surface area contributed by atoms with Crippen LogP contribution in [0, 0.1) is 20.8 Å². The molecule has 0 saturated carbocycles. The van der Waals surface area contributed by atoms with Gasteiger partial charge in [0, 0.05) is 23.6 Å². The molecule has 0 aliphatic carbocycles. The first-order valence-electron chi connectivity index (χ1n) is 8.10. The Labute approximate surface area is 148 Å². The van der Waals surface area contributed by atoms with Crippen LogP contribution in [0.5, 0.6) is 0 Å². The summed E-state index contributed by atoms with van der Waals surface area (Å²) in [6.45, 7) is 6.23. The second-order valence-corrected chi connectivity index (χ2v) is 7.37. The first-order valence-corrected chi connectivity index (χ1v) is 8.98. The minimum atomic E-state index is -0.700. The number of amides is 1. The number of thioether (sulfide) groups is 1. The molecule has 2 N–H and O–H groups in total. The maximum atomic E-state index is 11.9. The lowest BCUT2D eigenvalue weighted by Crippen LogP contribution is -2.26. The lowest BCUT2D eigenvalue weighted by Gasteiger charge is -2.24. The second-order valence-electron chi connectivity index (χ2n) is 6.12. The number of carbonyl (C=O) groups excluding carboxylic acids is 1. The zero-order chi connectivity index (χ0) is 17.7. The summed E-state index contributed by atoms with van der Waals surface area (Å²) < 4.78 is 0. The predicted molar refractivity (Wildman–Crippen MR) is 100 cm³/mol. The number of aliphatic hydroxyl groups is 1. The van der Waals surface area contributed by atoms with Crippen LogP contribution in [0.2, 0.25) is 0 Å². The maximum Gasteiger partial charge on any atom is 0.220 e. The molecule has 0 radical (unpaired) electrons. The van der Waals surface area contributed by atoms with E-state index >= 15 is 0 Å². The van der Waals surface area contributed by atoms with Gasteiger partial charge in [-0.15, -0.1) is 11.8 Å². The predicted octanol–water partition coefficient (Wildman–Crippen LogP) is 3.94. The van der Waals surface area contributed by atoms with Crippen molar-refractivity contribution >= 4 is 17.7 Å². The van der Waals surface area contributed by atoms with E-state index < -0.39 is 6.10 Å². The van der Waals surface area contributed by atoms with E-state index in [2.05, 4.69) is 38.2 Å². The summed E-state index contributed by atoms with van der Waals surface area (Å²) >= 11 is 1.59. The second kappa shape index (κ2) is 8.36. The number of aryl methyl sites for hydroxylation is 3. The van der Waals surface area contributed by atoms with Crippen molar-refractivity contribution in [2.75, 3.05) is 7.05 Å². The Balaban J connectivity index is 2.32. The van der Waals surface area contributed by atoms with Crippen LogP contribution < -0.4 is 5.32 Å². The maximum absolute atomic E-state index is 11.9. The molecule has 0 aromatic heterocycles. The van der Waals surface area contributed by atoms with Gasteiger partial charge in [0.2, 0.25) is 5.91 Å². The van der Waals surface area contributed by atoms with Gasteiger partial charge in [-0.3, -0.25) is 4.79 Å². The highest BCUT2D eigenvalue weighted by atomic mass is 32.2. The zero-order valence-corrected chi connectivity index (χ0v) is 15.5. The van der Waals surface area contributed by atoms with Gasteiger partial charge in [0.25, 0.3) is 0 Å². The van der Waals surface area contributed by atoms with Crippen LogP contribution in [0.15, 0.2) is 47.4 Å². The number of hydrogen-bond donors (Lipinski definition) is 2. The number of carbonyl (C=O) groups is 1. The van der Waals surface area contributed by atoms with E-state index in [-0.39, 0.29) is 17.6 Å². The molecule has 0 saturated heterocycles. The van der Waals surface area contributed by atoms with E-state index in [1.165, 1.54) is 16.7 Å². The average molecular weight is 343 g/mol. The van der Waals surface area contributed by atoms with Crippen molar-refractivity contribution in [3.63, 3.8) is 0 Å². The van der Waals surface area contributed by atoms with Crippen LogP contribution >= 0.6 is 11.8 Å². The molecule has 2 rings (SSSR count). The third-order valence-corrected chi connectivity index (χ3v) is 5.64. The molecule has 4 heteroatoms. The van der Waals surface area contributed by atoms with E-state index in [4.69, 9.17) is 0 Å². The van der Waals surface area contributed by atoms with Gasteiger partial charge in [-0.2, -0.15) is 0 Å². The standard InChI is InChI=1S/C20H25NO2S/c1-13-10-14(2)20(15(3)11-13)24-17(12-18(22)21-4)19(23)16-8-6-5-7-9-16/h5-11,17,19,23H,12H2,1-4H3,(H,21,22). The van der Waals surface area contributed by atoms with E-state index in [1.54, 1.807) is 18.8 Å². The molecule has 2 aromatic rings. The van der Waals surface area contributed by atoms with Crippen molar-refractivity contribution in [1.29, 1.82) is 0 Å². The Kier molecular flexibility index (Phi) is 6.46. The van der Waals surface area contributed by atoms with Crippen LogP contribution in [-0.2, 0) is 4.79 Å². The molecule has 1 amide bonds. The highest BCUT2D eigenvalue weighted by Crippen LogP contribution is 2.38. The fourth-order valence-electron chi connectivity index (χ4n) is 2.87. The monoisotopic (exact) mass is 343 g/mol. The summed E-state index contributed by atoms with van der Waals surface area (Å²) in [5.74, 6) is -0.0649. The van der Waals surface area contributed by atoms with Crippen LogP contribution in [0.25, 0.3) is 0 Å². The number of benzene rings is 2. The van der Waals surface area contributed by atoms with Gasteiger partial charge in [0.15, 0.2) is 0 Å². The molecule has 24 heavy (non-hydrogen) atoms. The Morgan fingerprint density at radius 2 is 1.71 bits per heavy atom. The molecule has 0 bridgehead atoms. The summed E-state index contributed by atoms with van der Waals surface area (Å²) in [5.41, 5.74) is 4.42. The number of rotatable bonds is 6. The normalized spacial score (nSPS) is 13.4. The van der Waals surface area contributed by atoms with E-state index in [9.17, 15) is 9.90 Å². The SMILES string of the molecule is CNC(=O)CC(Sc1c(C)cc(C)cc1C)C(O)c1ccccc1. The van der Waals surface area contributed by atoms with Gasteiger partial charge >= 0.3 is 0 Å². The van der Waals surface area contributed by atoms with E-state index in [0.29, 0.717) is 0 Å². The number of aliphatic hydroxyl groups excluding tert-OH is 1. The highest BCUT2D eigenvalue weighted by Gasteiger charge is 2.25. The minimum absolute atomic E-state index is 0.0649. The van der Waals surface area contributed by atoms with Crippen LogP contribution in [0.3, 0.4) is 0 Å². The molecule has 3 nitrogen and oxygen atoms in total. The van der Waals surface area contributed by atoms with Crippen molar-refractivity contribution in [3.05, 3.63) is 64.7 Å². The van der Waals surface area contributed by atoms with Crippen LogP contribution in [-0.4, -0.2) is 23.3 Å². The lowest BCUT2D eigenvalue weighted by atomic mass is 10.0.